The minimum atomic E-state index is 0.554. The van der Waals surface area contributed by atoms with Gasteiger partial charge in [0.25, 0.3) is 0 Å². The highest BCUT2D eigenvalue weighted by molar-refractivity contribution is 5.57. The molecular weight excluding hydrogens is 266 g/mol. The number of hydrogen-bond acceptors (Lipinski definition) is 6. The van der Waals surface area contributed by atoms with E-state index in [0.29, 0.717) is 5.92 Å². The maximum Gasteiger partial charge on any atom is 0.149 e. The lowest BCUT2D eigenvalue weighted by atomic mass is 10.2. The van der Waals surface area contributed by atoms with Crippen molar-refractivity contribution in [1.29, 1.82) is 0 Å². The van der Waals surface area contributed by atoms with Crippen molar-refractivity contribution < 1.29 is 4.74 Å². The van der Waals surface area contributed by atoms with Crippen LogP contribution in [0.25, 0.3) is 0 Å². The van der Waals surface area contributed by atoms with Gasteiger partial charge in [0, 0.05) is 31.1 Å². The number of rotatable bonds is 6. The van der Waals surface area contributed by atoms with Crippen LogP contribution in [0.5, 0.6) is 0 Å². The molecule has 2 fully saturated rings. The van der Waals surface area contributed by atoms with Gasteiger partial charge in [-0.15, -0.1) is 0 Å². The van der Waals surface area contributed by atoms with Crippen LogP contribution in [0.4, 0.5) is 11.6 Å². The second-order valence-electron chi connectivity index (χ2n) is 5.82. The molecule has 1 aromatic heterocycles. The van der Waals surface area contributed by atoms with Crippen molar-refractivity contribution in [3.05, 3.63) is 11.4 Å². The minimum Gasteiger partial charge on any atom is -0.379 e. The van der Waals surface area contributed by atoms with E-state index in [-0.39, 0.29) is 0 Å². The van der Waals surface area contributed by atoms with Gasteiger partial charge < -0.3 is 15.5 Å². The van der Waals surface area contributed by atoms with Crippen molar-refractivity contribution in [2.45, 2.75) is 39.0 Å². The second kappa shape index (κ2) is 6.58. The summed E-state index contributed by atoms with van der Waals surface area (Å²) in [5.41, 5.74) is 4.55. The Morgan fingerprint density at radius 1 is 1.19 bits per heavy atom. The molecule has 0 aromatic carbocycles. The van der Waals surface area contributed by atoms with Gasteiger partial charge in [0.15, 0.2) is 0 Å². The van der Waals surface area contributed by atoms with E-state index >= 15 is 0 Å². The van der Waals surface area contributed by atoms with Crippen molar-refractivity contribution in [2.75, 3.05) is 43.6 Å². The SMILES string of the molecule is CCCNc1nc(C2CC2)nc(NN2CCOCC2)c1C. The van der Waals surface area contributed by atoms with E-state index in [2.05, 4.69) is 29.6 Å². The van der Waals surface area contributed by atoms with Crippen LogP contribution in [-0.4, -0.2) is 47.8 Å². The molecule has 6 heteroatoms. The zero-order valence-electron chi connectivity index (χ0n) is 13.0. The number of nitrogens with one attached hydrogen (secondary N) is 2. The zero-order chi connectivity index (χ0) is 14.7. The van der Waals surface area contributed by atoms with E-state index in [1.807, 2.05) is 0 Å². The highest BCUT2D eigenvalue weighted by atomic mass is 16.5. The van der Waals surface area contributed by atoms with Crippen LogP contribution in [0.15, 0.2) is 0 Å². The molecular formula is C15H25N5O. The molecule has 3 rings (SSSR count). The third kappa shape index (κ3) is 3.63. The Balaban J connectivity index is 1.80. The summed E-state index contributed by atoms with van der Waals surface area (Å²) in [6, 6.07) is 0. The Kier molecular flexibility index (Phi) is 4.55. The Labute approximate surface area is 126 Å². The highest BCUT2D eigenvalue weighted by Crippen LogP contribution is 2.39. The first-order valence-electron chi connectivity index (χ1n) is 7.99. The molecule has 1 saturated heterocycles. The summed E-state index contributed by atoms with van der Waals surface area (Å²) < 4.78 is 5.39. The van der Waals surface area contributed by atoms with Crippen molar-refractivity contribution >= 4 is 11.6 Å². The molecule has 2 aliphatic rings. The number of nitrogens with zero attached hydrogens (tertiary/aromatic N) is 3. The van der Waals surface area contributed by atoms with Crippen molar-refractivity contribution in [2.24, 2.45) is 0 Å². The maximum atomic E-state index is 5.39. The fourth-order valence-electron chi connectivity index (χ4n) is 2.41. The van der Waals surface area contributed by atoms with Gasteiger partial charge in [0.1, 0.15) is 17.5 Å². The van der Waals surface area contributed by atoms with Crippen LogP contribution >= 0.6 is 0 Å². The second-order valence-corrected chi connectivity index (χ2v) is 5.82. The standard InChI is InChI=1S/C15H25N5O/c1-3-6-16-13-11(2)14(18-15(17-13)12-4-5-12)19-20-7-9-21-10-8-20/h12H,3-10H2,1-2H3,(H2,16,17,18,19). The lowest BCUT2D eigenvalue weighted by Gasteiger charge is -2.28. The Bertz CT molecular complexity index is 483. The van der Waals surface area contributed by atoms with Crippen LogP contribution in [0, 0.1) is 6.92 Å². The van der Waals surface area contributed by atoms with E-state index in [1.54, 1.807) is 0 Å². The lowest BCUT2D eigenvalue weighted by Crippen LogP contribution is -2.40. The molecule has 2 N–H and O–H groups in total. The summed E-state index contributed by atoms with van der Waals surface area (Å²) in [6.07, 6.45) is 3.52. The zero-order valence-corrected chi connectivity index (χ0v) is 13.0. The Morgan fingerprint density at radius 2 is 1.90 bits per heavy atom. The molecule has 0 radical (unpaired) electrons. The van der Waals surface area contributed by atoms with E-state index in [0.717, 1.165) is 62.3 Å². The largest absolute Gasteiger partial charge is 0.379 e. The molecule has 1 aliphatic carbocycles. The van der Waals surface area contributed by atoms with Crippen LogP contribution in [-0.2, 0) is 4.74 Å². The predicted molar refractivity (Wildman–Crippen MR) is 83.5 cm³/mol. The molecule has 2 heterocycles. The maximum absolute atomic E-state index is 5.39. The quantitative estimate of drug-likeness (QED) is 0.837. The first kappa shape index (κ1) is 14.5. The fourth-order valence-corrected chi connectivity index (χ4v) is 2.41. The van der Waals surface area contributed by atoms with E-state index in [1.165, 1.54) is 12.8 Å². The monoisotopic (exact) mass is 291 g/mol. The van der Waals surface area contributed by atoms with Crippen LogP contribution in [0.2, 0.25) is 0 Å². The van der Waals surface area contributed by atoms with Gasteiger partial charge in [-0.1, -0.05) is 6.92 Å². The van der Waals surface area contributed by atoms with Crippen molar-refractivity contribution in [3.63, 3.8) is 0 Å². The summed E-state index contributed by atoms with van der Waals surface area (Å²) in [5, 5.41) is 5.61. The number of anilines is 2. The first-order valence-corrected chi connectivity index (χ1v) is 7.99. The first-order chi connectivity index (χ1) is 10.3. The molecule has 6 nitrogen and oxygen atoms in total. The van der Waals surface area contributed by atoms with Gasteiger partial charge in [0.2, 0.25) is 0 Å². The summed E-state index contributed by atoms with van der Waals surface area (Å²) in [7, 11) is 0. The van der Waals surface area contributed by atoms with Crippen LogP contribution in [0.1, 0.15) is 43.5 Å². The van der Waals surface area contributed by atoms with Gasteiger partial charge in [-0.2, -0.15) is 0 Å². The Morgan fingerprint density at radius 3 is 2.57 bits per heavy atom. The van der Waals surface area contributed by atoms with Gasteiger partial charge in [-0.3, -0.25) is 0 Å². The molecule has 1 aliphatic heterocycles. The van der Waals surface area contributed by atoms with Gasteiger partial charge in [0.05, 0.1) is 13.2 Å². The topological polar surface area (TPSA) is 62.3 Å². The lowest BCUT2D eigenvalue weighted by molar-refractivity contribution is 0.0494. The Hall–Kier alpha value is -1.40. The molecule has 0 spiro atoms. The van der Waals surface area contributed by atoms with E-state index in [9.17, 15) is 0 Å². The van der Waals surface area contributed by atoms with E-state index < -0.39 is 0 Å². The van der Waals surface area contributed by atoms with E-state index in [4.69, 9.17) is 14.7 Å². The molecule has 116 valence electrons. The normalized spacial score (nSPS) is 19.5. The van der Waals surface area contributed by atoms with Crippen molar-refractivity contribution in [1.82, 2.24) is 15.0 Å². The average Bonchev–Trinajstić information content (AvgIpc) is 3.34. The van der Waals surface area contributed by atoms with Crippen LogP contribution < -0.4 is 10.7 Å². The molecule has 0 atom stereocenters. The van der Waals surface area contributed by atoms with Gasteiger partial charge in [-0.05, 0) is 26.2 Å². The number of aromatic nitrogens is 2. The molecule has 21 heavy (non-hydrogen) atoms. The molecule has 0 bridgehead atoms. The molecule has 0 amide bonds. The number of morpholine rings is 1. The smallest absolute Gasteiger partial charge is 0.149 e. The minimum absolute atomic E-state index is 0.554. The van der Waals surface area contributed by atoms with Crippen molar-refractivity contribution in [3.8, 4) is 0 Å². The number of hydrogen-bond donors (Lipinski definition) is 2. The van der Waals surface area contributed by atoms with Gasteiger partial charge in [-0.25, -0.2) is 15.0 Å². The summed E-state index contributed by atoms with van der Waals surface area (Å²) in [5.74, 6) is 3.45. The highest BCUT2D eigenvalue weighted by Gasteiger charge is 2.28. The summed E-state index contributed by atoms with van der Waals surface area (Å²) in [6.45, 7) is 8.51. The number of hydrazine groups is 1. The molecule has 0 unspecified atom stereocenters. The summed E-state index contributed by atoms with van der Waals surface area (Å²) in [4.78, 5) is 9.47. The average molecular weight is 291 g/mol. The fraction of sp³-hybridized carbons (Fsp3) is 0.733. The summed E-state index contributed by atoms with van der Waals surface area (Å²) >= 11 is 0. The predicted octanol–water partition coefficient (Wildman–Crippen LogP) is 2.14. The third-order valence-electron chi connectivity index (χ3n) is 3.92. The molecule has 1 saturated carbocycles. The number of ether oxygens (including phenoxy) is 1. The molecule has 1 aromatic rings. The van der Waals surface area contributed by atoms with Crippen LogP contribution in [0.3, 0.4) is 0 Å². The van der Waals surface area contributed by atoms with Gasteiger partial charge >= 0.3 is 0 Å². The third-order valence-corrected chi connectivity index (χ3v) is 3.92.